The van der Waals surface area contributed by atoms with E-state index in [2.05, 4.69) is 11.8 Å². The van der Waals surface area contributed by atoms with Gasteiger partial charge >= 0.3 is 5.97 Å². The Morgan fingerprint density at radius 1 is 1.30 bits per heavy atom. The SMILES string of the molecule is CCCC1CC(CC(=O)O)(N2CCCCCC2)CCO1. The Bertz CT molecular complexity index is 311. The van der Waals surface area contributed by atoms with Crippen LogP contribution in [0, 0.1) is 0 Å². The molecule has 0 aromatic rings. The van der Waals surface area contributed by atoms with Crippen molar-refractivity contribution in [2.75, 3.05) is 19.7 Å². The van der Waals surface area contributed by atoms with Crippen LogP contribution in [0.1, 0.15) is 64.7 Å². The first-order valence-electron chi connectivity index (χ1n) is 8.25. The smallest absolute Gasteiger partial charge is 0.305 e. The molecule has 0 bridgehead atoms. The third-order valence-electron chi connectivity index (χ3n) is 4.90. The highest BCUT2D eigenvalue weighted by molar-refractivity contribution is 5.68. The zero-order valence-electron chi connectivity index (χ0n) is 12.8. The van der Waals surface area contributed by atoms with E-state index in [0.29, 0.717) is 6.61 Å². The topological polar surface area (TPSA) is 49.8 Å². The van der Waals surface area contributed by atoms with Gasteiger partial charge < -0.3 is 9.84 Å². The van der Waals surface area contributed by atoms with Crippen molar-refractivity contribution >= 4 is 5.97 Å². The van der Waals surface area contributed by atoms with Crippen LogP contribution in [-0.2, 0) is 9.53 Å². The lowest BCUT2D eigenvalue weighted by molar-refractivity contribution is -0.145. The van der Waals surface area contributed by atoms with E-state index in [1.165, 1.54) is 25.7 Å². The van der Waals surface area contributed by atoms with Gasteiger partial charge in [-0.3, -0.25) is 9.69 Å². The van der Waals surface area contributed by atoms with Gasteiger partial charge in [0.05, 0.1) is 12.5 Å². The van der Waals surface area contributed by atoms with Gasteiger partial charge in [0, 0.05) is 12.1 Å². The molecule has 2 fully saturated rings. The maximum atomic E-state index is 11.4. The highest BCUT2D eigenvalue weighted by atomic mass is 16.5. The molecule has 2 unspecified atom stereocenters. The number of carboxylic acids is 1. The van der Waals surface area contributed by atoms with E-state index in [1.54, 1.807) is 0 Å². The van der Waals surface area contributed by atoms with Crippen LogP contribution < -0.4 is 0 Å². The molecule has 2 aliphatic heterocycles. The molecule has 20 heavy (non-hydrogen) atoms. The lowest BCUT2D eigenvalue weighted by Gasteiger charge is -2.48. The fourth-order valence-electron chi connectivity index (χ4n) is 3.89. The third kappa shape index (κ3) is 3.95. The number of rotatable bonds is 5. The molecular formula is C16H29NO3. The first kappa shape index (κ1) is 15.8. The number of carbonyl (C=O) groups is 1. The van der Waals surface area contributed by atoms with Gasteiger partial charge in [0.25, 0.3) is 0 Å². The van der Waals surface area contributed by atoms with Crippen LogP contribution in [0.25, 0.3) is 0 Å². The summed E-state index contributed by atoms with van der Waals surface area (Å²) in [5.74, 6) is -0.661. The van der Waals surface area contributed by atoms with Crippen molar-refractivity contribution in [2.24, 2.45) is 0 Å². The van der Waals surface area contributed by atoms with Gasteiger partial charge in [0.2, 0.25) is 0 Å². The first-order valence-corrected chi connectivity index (χ1v) is 8.25. The largest absolute Gasteiger partial charge is 0.481 e. The summed E-state index contributed by atoms with van der Waals surface area (Å²) in [6, 6.07) is 0. The summed E-state index contributed by atoms with van der Waals surface area (Å²) >= 11 is 0. The van der Waals surface area contributed by atoms with Gasteiger partial charge in [-0.15, -0.1) is 0 Å². The lowest BCUT2D eigenvalue weighted by atomic mass is 9.80. The molecular weight excluding hydrogens is 254 g/mol. The van der Waals surface area contributed by atoms with Crippen molar-refractivity contribution in [1.82, 2.24) is 4.90 Å². The van der Waals surface area contributed by atoms with Gasteiger partial charge in [-0.2, -0.15) is 0 Å². The molecule has 0 amide bonds. The standard InChI is InChI=1S/C16H29NO3/c1-2-7-14-12-16(8-11-20-14,13-15(18)19)17-9-5-3-4-6-10-17/h14H,2-13H2,1H3,(H,18,19). The molecule has 116 valence electrons. The van der Waals surface area contributed by atoms with Crippen LogP contribution in [0.3, 0.4) is 0 Å². The predicted molar refractivity (Wildman–Crippen MR) is 78.9 cm³/mol. The molecule has 2 saturated heterocycles. The molecule has 0 saturated carbocycles. The third-order valence-corrected chi connectivity index (χ3v) is 4.90. The van der Waals surface area contributed by atoms with Crippen LogP contribution in [0.2, 0.25) is 0 Å². The van der Waals surface area contributed by atoms with E-state index in [1.807, 2.05) is 0 Å². The number of likely N-dealkylation sites (tertiary alicyclic amines) is 1. The predicted octanol–water partition coefficient (Wildman–Crippen LogP) is 3.06. The fourth-order valence-corrected chi connectivity index (χ4v) is 3.89. The Kier molecular flexibility index (Phi) is 5.85. The van der Waals surface area contributed by atoms with Crippen LogP contribution in [0.5, 0.6) is 0 Å². The second-order valence-electron chi connectivity index (χ2n) is 6.43. The summed E-state index contributed by atoms with van der Waals surface area (Å²) in [5.41, 5.74) is -0.158. The van der Waals surface area contributed by atoms with Gasteiger partial charge in [-0.05, 0) is 45.2 Å². The lowest BCUT2D eigenvalue weighted by Crippen LogP contribution is -2.55. The monoisotopic (exact) mass is 283 g/mol. The van der Waals surface area contributed by atoms with Crippen molar-refractivity contribution in [1.29, 1.82) is 0 Å². The minimum atomic E-state index is -0.661. The number of ether oxygens (including phenoxy) is 1. The van der Waals surface area contributed by atoms with Crippen molar-refractivity contribution in [3.05, 3.63) is 0 Å². The van der Waals surface area contributed by atoms with E-state index < -0.39 is 5.97 Å². The van der Waals surface area contributed by atoms with Gasteiger partial charge in [0.1, 0.15) is 0 Å². The molecule has 2 atom stereocenters. The Balaban J connectivity index is 2.12. The van der Waals surface area contributed by atoms with Gasteiger partial charge in [0.15, 0.2) is 0 Å². The van der Waals surface area contributed by atoms with Crippen LogP contribution in [0.15, 0.2) is 0 Å². The van der Waals surface area contributed by atoms with E-state index >= 15 is 0 Å². The van der Waals surface area contributed by atoms with Crippen LogP contribution >= 0.6 is 0 Å². The van der Waals surface area contributed by atoms with Crippen molar-refractivity contribution < 1.29 is 14.6 Å². The molecule has 4 heteroatoms. The number of hydrogen-bond acceptors (Lipinski definition) is 3. The second-order valence-corrected chi connectivity index (χ2v) is 6.43. The molecule has 2 rings (SSSR count). The zero-order chi connectivity index (χ0) is 14.4. The molecule has 1 N–H and O–H groups in total. The molecule has 0 aromatic carbocycles. The summed E-state index contributed by atoms with van der Waals surface area (Å²) in [7, 11) is 0. The average Bonchev–Trinajstić information content (AvgIpc) is 2.68. The molecule has 0 radical (unpaired) electrons. The summed E-state index contributed by atoms with van der Waals surface area (Å²) in [5, 5.41) is 9.38. The second kappa shape index (κ2) is 7.41. The van der Waals surface area contributed by atoms with E-state index in [4.69, 9.17) is 4.74 Å². The summed E-state index contributed by atoms with van der Waals surface area (Å²) < 4.78 is 5.86. The van der Waals surface area contributed by atoms with Crippen LogP contribution in [-0.4, -0.2) is 47.3 Å². The fraction of sp³-hybridized carbons (Fsp3) is 0.938. The quantitative estimate of drug-likeness (QED) is 0.842. The van der Waals surface area contributed by atoms with E-state index in [-0.39, 0.29) is 18.1 Å². The summed E-state index contributed by atoms with van der Waals surface area (Å²) in [6.45, 7) is 5.01. The molecule has 4 nitrogen and oxygen atoms in total. The molecule has 2 heterocycles. The van der Waals surface area contributed by atoms with E-state index in [0.717, 1.165) is 38.8 Å². The van der Waals surface area contributed by atoms with Crippen molar-refractivity contribution in [2.45, 2.75) is 76.4 Å². The summed E-state index contributed by atoms with van der Waals surface area (Å²) in [6.07, 6.45) is 9.44. The Labute approximate surface area is 122 Å². The minimum absolute atomic E-state index is 0.158. The maximum Gasteiger partial charge on any atom is 0.305 e. The molecule has 0 aliphatic carbocycles. The normalized spacial score (nSPS) is 32.8. The zero-order valence-corrected chi connectivity index (χ0v) is 12.8. The van der Waals surface area contributed by atoms with Crippen molar-refractivity contribution in [3.8, 4) is 0 Å². The average molecular weight is 283 g/mol. The molecule has 0 spiro atoms. The Morgan fingerprint density at radius 2 is 2.00 bits per heavy atom. The number of nitrogens with zero attached hydrogens (tertiary/aromatic N) is 1. The van der Waals surface area contributed by atoms with Crippen molar-refractivity contribution in [3.63, 3.8) is 0 Å². The minimum Gasteiger partial charge on any atom is -0.481 e. The van der Waals surface area contributed by atoms with Gasteiger partial charge in [-0.25, -0.2) is 0 Å². The van der Waals surface area contributed by atoms with Crippen LogP contribution in [0.4, 0.5) is 0 Å². The van der Waals surface area contributed by atoms with E-state index in [9.17, 15) is 9.90 Å². The Hall–Kier alpha value is -0.610. The molecule has 0 aromatic heterocycles. The number of aliphatic carboxylic acids is 1. The highest BCUT2D eigenvalue weighted by Crippen LogP contribution is 2.37. The summed E-state index contributed by atoms with van der Waals surface area (Å²) in [4.78, 5) is 13.9. The Morgan fingerprint density at radius 3 is 2.60 bits per heavy atom. The van der Waals surface area contributed by atoms with Gasteiger partial charge in [-0.1, -0.05) is 26.2 Å². The molecule has 2 aliphatic rings. The highest BCUT2D eigenvalue weighted by Gasteiger charge is 2.43. The number of carboxylic acid groups (broad SMARTS) is 1. The number of hydrogen-bond donors (Lipinski definition) is 1. The maximum absolute atomic E-state index is 11.4. The first-order chi connectivity index (χ1) is 9.66.